The van der Waals surface area contributed by atoms with Gasteiger partial charge in [-0.05, 0) is 38.5 Å². The van der Waals surface area contributed by atoms with Crippen LogP contribution in [0, 0.1) is 18.8 Å². The number of benzene rings is 1. The van der Waals surface area contributed by atoms with Gasteiger partial charge in [-0.1, -0.05) is 47.6 Å². The lowest BCUT2D eigenvalue weighted by Gasteiger charge is -2.30. The molecule has 1 saturated heterocycles. The first-order chi connectivity index (χ1) is 13.7. The average Bonchev–Trinajstić information content (AvgIpc) is 3.39. The smallest absolute Gasteiger partial charge is 0.228 e. The molecule has 148 valence electrons. The van der Waals surface area contributed by atoms with E-state index in [0.717, 1.165) is 54.8 Å². The van der Waals surface area contributed by atoms with E-state index >= 15 is 0 Å². The molecule has 28 heavy (non-hydrogen) atoms. The van der Waals surface area contributed by atoms with Gasteiger partial charge in [0.2, 0.25) is 5.91 Å². The molecule has 0 spiro atoms. The summed E-state index contributed by atoms with van der Waals surface area (Å²) in [7, 11) is 0. The molecule has 0 N–H and O–H groups in total. The second-order valence-electron chi connectivity index (χ2n) is 7.86. The largest absolute Gasteiger partial charge is 0.381 e. The molecule has 1 aliphatic carbocycles. The molecule has 2 aliphatic rings. The first kappa shape index (κ1) is 18.9. The van der Waals surface area contributed by atoms with Gasteiger partial charge in [0.25, 0.3) is 0 Å². The van der Waals surface area contributed by atoms with Crippen molar-refractivity contribution in [1.82, 2.24) is 10.1 Å². The fourth-order valence-electron chi connectivity index (χ4n) is 4.14. The molecular formula is C23H28N2O3. The van der Waals surface area contributed by atoms with E-state index in [1.165, 1.54) is 0 Å². The first-order valence-corrected chi connectivity index (χ1v) is 10.2. The van der Waals surface area contributed by atoms with Crippen LogP contribution in [0.15, 0.2) is 47.0 Å². The molecule has 1 aromatic carbocycles. The number of ether oxygens (including phenoxy) is 1. The summed E-state index contributed by atoms with van der Waals surface area (Å²) in [5.41, 5.74) is 2.86. The molecule has 1 aliphatic heterocycles. The lowest BCUT2D eigenvalue weighted by Crippen LogP contribution is -2.39. The van der Waals surface area contributed by atoms with Gasteiger partial charge in [0.1, 0.15) is 11.5 Å². The van der Waals surface area contributed by atoms with E-state index in [1.807, 2.05) is 42.2 Å². The summed E-state index contributed by atoms with van der Waals surface area (Å²) in [5, 5.41) is 4.29. The minimum absolute atomic E-state index is 0.0283. The zero-order valence-corrected chi connectivity index (χ0v) is 16.5. The monoisotopic (exact) mass is 380 g/mol. The molecule has 0 radical (unpaired) electrons. The Balaban J connectivity index is 1.59. The highest BCUT2D eigenvalue weighted by molar-refractivity contribution is 5.79. The Morgan fingerprint density at radius 2 is 2.07 bits per heavy atom. The summed E-state index contributed by atoms with van der Waals surface area (Å²) in [4.78, 5) is 15.3. The van der Waals surface area contributed by atoms with Crippen molar-refractivity contribution in [1.29, 1.82) is 0 Å². The number of carbonyl (C=O) groups excluding carboxylic acids is 1. The Kier molecular flexibility index (Phi) is 5.91. The van der Waals surface area contributed by atoms with Crippen LogP contribution in [-0.2, 0) is 16.1 Å². The fraction of sp³-hybridized carbons (Fsp3) is 0.478. The molecule has 5 nitrogen and oxygen atoms in total. The predicted molar refractivity (Wildman–Crippen MR) is 108 cm³/mol. The molecule has 0 bridgehead atoms. The van der Waals surface area contributed by atoms with Crippen molar-refractivity contribution < 1.29 is 14.1 Å². The molecule has 1 amide bonds. The SMILES string of the molecule is Cc1onc(-c2ccccc2)c1CN(C[C@@H]1CC=CCC1)C(=O)[C@H]1CCOC1. The third kappa shape index (κ3) is 4.20. The van der Waals surface area contributed by atoms with Crippen molar-refractivity contribution in [3.05, 3.63) is 53.8 Å². The molecule has 1 fully saturated rings. The Labute approximate surface area is 166 Å². The highest BCUT2D eigenvalue weighted by Gasteiger charge is 2.31. The second kappa shape index (κ2) is 8.74. The number of hydrogen-bond donors (Lipinski definition) is 0. The summed E-state index contributed by atoms with van der Waals surface area (Å²) in [5.74, 6) is 1.46. The van der Waals surface area contributed by atoms with Crippen LogP contribution in [0.4, 0.5) is 0 Å². The minimum Gasteiger partial charge on any atom is -0.381 e. The Hall–Kier alpha value is -2.40. The number of amides is 1. The maximum Gasteiger partial charge on any atom is 0.228 e. The molecule has 2 atom stereocenters. The Morgan fingerprint density at radius 3 is 2.79 bits per heavy atom. The van der Waals surface area contributed by atoms with Crippen LogP contribution in [0.5, 0.6) is 0 Å². The van der Waals surface area contributed by atoms with E-state index in [9.17, 15) is 4.79 Å². The van der Waals surface area contributed by atoms with E-state index in [2.05, 4.69) is 17.3 Å². The Bertz CT molecular complexity index is 822. The molecule has 1 aromatic heterocycles. The van der Waals surface area contributed by atoms with Crippen LogP contribution in [0.3, 0.4) is 0 Å². The number of allylic oxidation sites excluding steroid dienone is 2. The van der Waals surface area contributed by atoms with Crippen molar-refractivity contribution in [2.24, 2.45) is 11.8 Å². The zero-order valence-electron chi connectivity index (χ0n) is 16.5. The van der Waals surface area contributed by atoms with Gasteiger partial charge in [-0.15, -0.1) is 0 Å². The lowest BCUT2D eigenvalue weighted by atomic mass is 9.93. The average molecular weight is 380 g/mol. The topological polar surface area (TPSA) is 55.6 Å². The highest BCUT2D eigenvalue weighted by Crippen LogP contribution is 2.29. The standard InChI is InChI=1S/C23H28N2O3/c1-17-21(22(24-28-17)19-10-6-3-7-11-19)15-25(14-18-8-4-2-5-9-18)23(26)20-12-13-27-16-20/h2-4,6-7,10-11,18,20H,5,8-9,12-16H2,1H3/t18-,20+/m1/s1. The number of aromatic nitrogens is 1. The van der Waals surface area contributed by atoms with Crippen LogP contribution >= 0.6 is 0 Å². The summed E-state index contributed by atoms with van der Waals surface area (Å²) in [6.45, 7) is 4.46. The molecular weight excluding hydrogens is 352 g/mol. The van der Waals surface area contributed by atoms with E-state index < -0.39 is 0 Å². The van der Waals surface area contributed by atoms with Gasteiger partial charge in [0.05, 0.1) is 19.1 Å². The lowest BCUT2D eigenvalue weighted by molar-refractivity contribution is -0.136. The van der Waals surface area contributed by atoms with Crippen molar-refractivity contribution in [3.8, 4) is 11.3 Å². The third-order valence-electron chi connectivity index (χ3n) is 5.83. The number of hydrogen-bond acceptors (Lipinski definition) is 4. The third-order valence-corrected chi connectivity index (χ3v) is 5.83. The first-order valence-electron chi connectivity index (χ1n) is 10.2. The maximum atomic E-state index is 13.3. The Morgan fingerprint density at radius 1 is 1.21 bits per heavy atom. The number of carbonyl (C=O) groups is 1. The second-order valence-corrected chi connectivity index (χ2v) is 7.86. The van der Waals surface area contributed by atoms with Crippen LogP contribution in [0.2, 0.25) is 0 Å². The van der Waals surface area contributed by atoms with Crippen LogP contribution in [0.25, 0.3) is 11.3 Å². The normalized spacial score (nSPS) is 21.8. The number of aryl methyl sites for hydroxylation is 1. The van der Waals surface area contributed by atoms with E-state index in [1.54, 1.807) is 0 Å². The van der Waals surface area contributed by atoms with Gasteiger partial charge >= 0.3 is 0 Å². The molecule has 5 heteroatoms. The van der Waals surface area contributed by atoms with Gasteiger partial charge in [-0.2, -0.15) is 0 Å². The van der Waals surface area contributed by atoms with Gasteiger partial charge in [0, 0.05) is 24.3 Å². The van der Waals surface area contributed by atoms with Gasteiger partial charge in [-0.3, -0.25) is 4.79 Å². The molecule has 0 saturated carbocycles. The molecule has 2 heterocycles. The van der Waals surface area contributed by atoms with Gasteiger partial charge < -0.3 is 14.2 Å². The van der Waals surface area contributed by atoms with Crippen molar-refractivity contribution >= 4 is 5.91 Å². The molecule has 2 aromatic rings. The van der Waals surface area contributed by atoms with Crippen molar-refractivity contribution in [2.75, 3.05) is 19.8 Å². The van der Waals surface area contributed by atoms with Crippen LogP contribution in [-0.4, -0.2) is 35.7 Å². The van der Waals surface area contributed by atoms with Gasteiger partial charge in [-0.25, -0.2) is 0 Å². The zero-order chi connectivity index (χ0) is 19.3. The fourth-order valence-corrected chi connectivity index (χ4v) is 4.14. The summed E-state index contributed by atoms with van der Waals surface area (Å²) in [6, 6.07) is 10.0. The van der Waals surface area contributed by atoms with Crippen LogP contribution in [0.1, 0.15) is 37.0 Å². The molecule has 4 rings (SSSR count). The summed E-state index contributed by atoms with van der Waals surface area (Å²) >= 11 is 0. The maximum absolute atomic E-state index is 13.3. The van der Waals surface area contributed by atoms with Gasteiger partial charge in [0.15, 0.2) is 0 Å². The van der Waals surface area contributed by atoms with Crippen molar-refractivity contribution in [3.63, 3.8) is 0 Å². The predicted octanol–water partition coefficient (Wildman–Crippen LogP) is 4.37. The summed E-state index contributed by atoms with van der Waals surface area (Å²) < 4.78 is 11.0. The van der Waals surface area contributed by atoms with E-state index in [0.29, 0.717) is 25.7 Å². The molecule has 0 unspecified atom stereocenters. The number of rotatable bonds is 6. The van der Waals surface area contributed by atoms with Crippen molar-refractivity contribution in [2.45, 2.75) is 39.2 Å². The van der Waals surface area contributed by atoms with E-state index in [-0.39, 0.29) is 11.8 Å². The van der Waals surface area contributed by atoms with Crippen LogP contribution < -0.4 is 0 Å². The highest BCUT2D eigenvalue weighted by atomic mass is 16.5. The quantitative estimate of drug-likeness (QED) is 0.698. The van der Waals surface area contributed by atoms with E-state index in [4.69, 9.17) is 9.26 Å². The summed E-state index contributed by atoms with van der Waals surface area (Å²) in [6.07, 6.45) is 8.57. The minimum atomic E-state index is -0.0283. The number of nitrogens with zero attached hydrogens (tertiary/aromatic N) is 2.